The molecule has 2 nitrogen and oxygen atoms in total. The Balaban J connectivity index is 1.45. The number of hydrogen-bond donors (Lipinski definition) is 2. The van der Waals surface area contributed by atoms with Crippen molar-refractivity contribution in [3.63, 3.8) is 0 Å². The van der Waals surface area contributed by atoms with Gasteiger partial charge in [0, 0.05) is 18.2 Å². The molecule has 0 fully saturated rings. The Morgan fingerprint density at radius 2 is 1.97 bits per heavy atom. The third-order valence-corrected chi connectivity index (χ3v) is 7.90. The predicted molar refractivity (Wildman–Crippen MR) is 152 cm³/mol. The first-order chi connectivity index (χ1) is 17.3. The van der Waals surface area contributed by atoms with Gasteiger partial charge in [-0.15, -0.1) is 0 Å². The van der Waals surface area contributed by atoms with Gasteiger partial charge in [-0.25, -0.2) is 0 Å². The Bertz CT molecular complexity index is 989. The molecule has 2 heteroatoms. The molecular formula is C33H44N2. The molecule has 3 N–H and O–H groups in total. The Labute approximate surface area is 213 Å². The van der Waals surface area contributed by atoms with E-state index in [2.05, 4.69) is 91.2 Å². The lowest BCUT2D eigenvalue weighted by Crippen LogP contribution is -2.25. The number of benzene rings is 1. The van der Waals surface area contributed by atoms with E-state index in [0.29, 0.717) is 17.8 Å². The fourth-order valence-electron chi connectivity index (χ4n) is 5.87. The molecule has 1 aromatic carbocycles. The number of allylic oxidation sites excluding steroid dienone is 11. The van der Waals surface area contributed by atoms with Crippen LogP contribution >= 0.6 is 0 Å². The highest BCUT2D eigenvalue weighted by Gasteiger charge is 2.32. The summed E-state index contributed by atoms with van der Waals surface area (Å²) in [6.07, 6.45) is 29.9. The second-order valence-corrected chi connectivity index (χ2v) is 10.4. The third kappa shape index (κ3) is 7.21. The number of rotatable bonds is 12. The largest absolute Gasteiger partial charge is 0.381 e. The molecule has 0 saturated carbocycles. The second kappa shape index (κ2) is 13.5. The summed E-state index contributed by atoms with van der Waals surface area (Å²) in [7, 11) is 0. The fourth-order valence-corrected chi connectivity index (χ4v) is 5.87. The first-order valence-corrected chi connectivity index (χ1v) is 13.9. The molecule has 0 amide bonds. The standard InChI is InChI=1S/C33H44N2/c1-26(20-21-27(13-5-4-12-24-34)25-35-29-16-8-3-9-17-29)30-22-23-31(28-14-6-2-7-15-28)33-19-11-10-18-32(30)33/h3,6,8-11,14-19,21,26,31,33,35H,2,4-5,7,12-13,20,22-25,34H2,1H3/b27-21-. The van der Waals surface area contributed by atoms with Crippen LogP contribution in [0, 0.1) is 17.8 Å². The first kappa shape index (κ1) is 25.5. The molecule has 35 heavy (non-hydrogen) atoms. The summed E-state index contributed by atoms with van der Waals surface area (Å²) in [6.45, 7) is 4.17. The fraction of sp³-hybridized carbons (Fsp3) is 0.455. The van der Waals surface area contributed by atoms with Crippen molar-refractivity contribution < 1.29 is 0 Å². The van der Waals surface area contributed by atoms with Crippen molar-refractivity contribution in [1.29, 1.82) is 0 Å². The van der Waals surface area contributed by atoms with Crippen molar-refractivity contribution in [2.24, 2.45) is 23.5 Å². The molecular weight excluding hydrogens is 424 g/mol. The Morgan fingerprint density at radius 3 is 2.77 bits per heavy atom. The smallest absolute Gasteiger partial charge is 0.0360 e. The van der Waals surface area contributed by atoms with Crippen LogP contribution < -0.4 is 11.1 Å². The SMILES string of the molecule is CC(C/C=C(/CCCCCN)CNc1ccccc1)C1=C2C=CC=CC2C(C2=CCCC=C2)CC1. The maximum atomic E-state index is 5.72. The summed E-state index contributed by atoms with van der Waals surface area (Å²) >= 11 is 0. The lowest BCUT2D eigenvalue weighted by molar-refractivity contribution is 0.425. The van der Waals surface area contributed by atoms with Crippen LogP contribution in [0.2, 0.25) is 0 Å². The molecule has 0 heterocycles. The van der Waals surface area contributed by atoms with E-state index in [4.69, 9.17) is 5.73 Å². The predicted octanol–water partition coefficient (Wildman–Crippen LogP) is 8.30. The molecule has 0 saturated heterocycles. The van der Waals surface area contributed by atoms with Crippen LogP contribution in [0.4, 0.5) is 5.69 Å². The molecule has 4 rings (SSSR count). The van der Waals surface area contributed by atoms with Crippen LogP contribution in [0.5, 0.6) is 0 Å². The van der Waals surface area contributed by atoms with Gasteiger partial charge in [0.05, 0.1) is 0 Å². The van der Waals surface area contributed by atoms with E-state index in [1.807, 2.05) is 0 Å². The summed E-state index contributed by atoms with van der Waals surface area (Å²) in [5.41, 5.74) is 13.3. The summed E-state index contributed by atoms with van der Waals surface area (Å²) in [5, 5.41) is 3.64. The van der Waals surface area contributed by atoms with Crippen molar-refractivity contribution >= 4 is 5.69 Å². The van der Waals surface area contributed by atoms with E-state index in [1.54, 1.807) is 16.7 Å². The number of hydrogen-bond acceptors (Lipinski definition) is 2. The van der Waals surface area contributed by atoms with Crippen LogP contribution in [-0.4, -0.2) is 13.1 Å². The van der Waals surface area contributed by atoms with Gasteiger partial charge in [0.2, 0.25) is 0 Å². The number of nitrogens with two attached hydrogens (primary N) is 1. The quantitative estimate of drug-likeness (QED) is 0.239. The zero-order chi connectivity index (χ0) is 24.3. The normalized spacial score (nSPS) is 22.7. The summed E-state index contributed by atoms with van der Waals surface area (Å²) in [5.74, 6) is 1.76. The van der Waals surface area contributed by atoms with Crippen LogP contribution in [-0.2, 0) is 0 Å². The highest BCUT2D eigenvalue weighted by molar-refractivity contribution is 5.45. The molecule has 3 atom stereocenters. The lowest BCUT2D eigenvalue weighted by Gasteiger charge is -2.37. The molecule has 186 valence electrons. The molecule has 0 aromatic heterocycles. The number of unbranched alkanes of at least 4 members (excludes halogenated alkanes) is 2. The molecule has 0 bridgehead atoms. The van der Waals surface area contributed by atoms with Gasteiger partial charge in [-0.3, -0.25) is 0 Å². The molecule has 0 spiro atoms. The number of fused-ring (bicyclic) bond motifs is 1. The van der Waals surface area contributed by atoms with Crippen molar-refractivity contribution in [1.82, 2.24) is 0 Å². The Hall–Kier alpha value is -2.58. The lowest BCUT2D eigenvalue weighted by atomic mass is 9.67. The zero-order valence-electron chi connectivity index (χ0n) is 21.6. The van der Waals surface area contributed by atoms with Gasteiger partial charge in [-0.1, -0.05) is 91.3 Å². The van der Waals surface area contributed by atoms with Crippen LogP contribution in [0.1, 0.15) is 64.7 Å². The van der Waals surface area contributed by atoms with Crippen molar-refractivity contribution in [3.05, 3.63) is 101 Å². The van der Waals surface area contributed by atoms with Gasteiger partial charge >= 0.3 is 0 Å². The van der Waals surface area contributed by atoms with Gasteiger partial charge in [0.15, 0.2) is 0 Å². The Morgan fingerprint density at radius 1 is 1.09 bits per heavy atom. The summed E-state index contributed by atoms with van der Waals surface area (Å²) in [6, 6.07) is 10.6. The number of nitrogens with one attached hydrogen (secondary N) is 1. The van der Waals surface area contributed by atoms with Gasteiger partial charge in [-0.05, 0) is 93.0 Å². The first-order valence-electron chi connectivity index (χ1n) is 13.9. The van der Waals surface area contributed by atoms with Gasteiger partial charge in [-0.2, -0.15) is 0 Å². The van der Waals surface area contributed by atoms with E-state index < -0.39 is 0 Å². The minimum absolute atomic E-state index is 0.541. The topological polar surface area (TPSA) is 38.0 Å². The van der Waals surface area contributed by atoms with Crippen molar-refractivity contribution in [2.45, 2.75) is 64.7 Å². The summed E-state index contributed by atoms with van der Waals surface area (Å²) < 4.78 is 0. The van der Waals surface area contributed by atoms with Crippen LogP contribution in [0.3, 0.4) is 0 Å². The van der Waals surface area contributed by atoms with E-state index >= 15 is 0 Å². The number of anilines is 1. The van der Waals surface area contributed by atoms with Gasteiger partial charge in [0.1, 0.15) is 0 Å². The molecule has 3 aliphatic carbocycles. The molecule has 3 aliphatic rings. The minimum Gasteiger partial charge on any atom is -0.381 e. The molecule has 0 aliphatic heterocycles. The zero-order valence-corrected chi connectivity index (χ0v) is 21.6. The third-order valence-electron chi connectivity index (χ3n) is 7.90. The van der Waals surface area contributed by atoms with E-state index in [-0.39, 0.29) is 0 Å². The van der Waals surface area contributed by atoms with E-state index in [0.717, 1.165) is 32.4 Å². The minimum atomic E-state index is 0.541. The van der Waals surface area contributed by atoms with Gasteiger partial charge < -0.3 is 11.1 Å². The average molecular weight is 469 g/mol. The number of para-hydroxylation sites is 1. The average Bonchev–Trinajstić information content (AvgIpc) is 2.92. The van der Waals surface area contributed by atoms with Crippen molar-refractivity contribution in [3.8, 4) is 0 Å². The monoisotopic (exact) mass is 468 g/mol. The van der Waals surface area contributed by atoms with Crippen molar-refractivity contribution in [2.75, 3.05) is 18.4 Å². The Kier molecular flexibility index (Phi) is 9.84. The maximum Gasteiger partial charge on any atom is 0.0360 e. The highest BCUT2D eigenvalue weighted by atomic mass is 14.9. The van der Waals surface area contributed by atoms with Crippen LogP contribution in [0.25, 0.3) is 0 Å². The van der Waals surface area contributed by atoms with E-state index in [1.165, 1.54) is 49.8 Å². The van der Waals surface area contributed by atoms with Crippen LogP contribution in [0.15, 0.2) is 101 Å². The van der Waals surface area contributed by atoms with Gasteiger partial charge in [0.25, 0.3) is 0 Å². The summed E-state index contributed by atoms with van der Waals surface area (Å²) in [4.78, 5) is 0. The molecule has 1 aromatic rings. The molecule has 0 radical (unpaired) electrons. The maximum absolute atomic E-state index is 5.72. The van der Waals surface area contributed by atoms with E-state index in [9.17, 15) is 0 Å². The molecule has 3 unspecified atom stereocenters. The second-order valence-electron chi connectivity index (χ2n) is 10.4. The highest BCUT2D eigenvalue weighted by Crippen LogP contribution is 2.45.